The maximum atomic E-state index is 0. The van der Waals surface area contributed by atoms with Crippen LogP contribution in [0.25, 0.3) is 0 Å². The molecule has 0 unspecified atom stereocenters. The van der Waals surface area contributed by atoms with Gasteiger partial charge in [0.2, 0.25) is 0 Å². The Labute approximate surface area is 80.4 Å². The molecule has 0 aliphatic rings. The molecule has 0 radical (unpaired) electrons. The summed E-state index contributed by atoms with van der Waals surface area (Å²) in [7, 11) is 0. The maximum Gasteiger partial charge on any atom is 2.00 e. The molecule has 0 rings (SSSR count). The minimum Gasteiger partial charge on any atom is -1.00 e. The maximum absolute atomic E-state index is 0. The smallest absolute Gasteiger partial charge is 1.00 e. The first kappa shape index (κ1) is 62.9. The topological polar surface area (TPSA) is 63.0 Å². The summed E-state index contributed by atoms with van der Waals surface area (Å²) in [4.78, 5) is 0. The Balaban J connectivity index is 0. The van der Waals surface area contributed by atoms with Crippen LogP contribution in [0.5, 0.6) is 0 Å². The van der Waals surface area contributed by atoms with Crippen molar-refractivity contribution in [3.8, 4) is 0 Å². The molecular weight excluding hydrogens is 135 g/mol. The molecule has 0 saturated heterocycles. The molecule has 2 nitrogen and oxygen atoms in total. The molecule has 0 amide bonds. The van der Waals surface area contributed by atoms with Gasteiger partial charge in [-0.05, 0) is 0 Å². The molecule has 0 heterocycles. The van der Waals surface area contributed by atoms with Gasteiger partial charge in [0, 0.05) is 0 Å². The zero-order valence-electron chi connectivity index (χ0n) is 4.12. The van der Waals surface area contributed by atoms with Crippen LogP contribution in [0, 0.1) is 0 Å². The van der Waals surface area contributed by atoms with Crippen LogP contribution >= 0.6 is 12.4 Å². The number of hydrogen-bond acceptors (Lipinski definition) is 0. The van der Waals surface area contributed by atoms with E-state index in [1.807, 2.05) is 0 Å². The van der Waals surface area contributed by atoms with Gasteiger partial charge in [-0.15, -0.1) is 12.4 Å². The van der Waals surface area contributed by atoms with E-state index >= 15 is 0 Å². The van der Waals surface area contributed by atoms with Crippen molar-refractivity contribution in [2.75, 3.05) is 0 Å². The van der Waals surface area contributed by atoms with Crippen molar-refractivity contribution in [3.63, 3.8) is 0 Å². The first-order valence-electron chi connectivity index (χ1n) is 0. The summed E-state index contributed by atoms with van der Waals surface area (Å²) < 4.78 is 0. The zero-order valence-corrected chi connectivity index (χ0v) is 5.14. The minimum absolute atomic E-state index is 0. The summed E-state index contributed by atoms with van der Waals surface area (Å²) in [5, 5.41) is 0. The molecule has 0 aliphatic heterocycles. The summed E-state index contributed by atoms with van der Waals surface area (Å²) in [5.74, 6) is 0. The van der Waals surface area contributed by atoms with Crippen LogP contribution in [-0.4, -0.2) is 66.1 Å². The molecule has 0 fully saturated rings. The first-order valence-corrected chi connectivity index (χ1v) is 0. The fraction of sp³-hybridized carbons (Fsp3) is 0. The molecular formula is H10AlCaClO2. The SMILES string of the molecule is Cl.O.O.[AlH3].[Ca+2].[H-].[H-]. The third-order valence-electron chi connectivity index (χ3n) is 0. The van der Waals surface area contributed by atoms with E-state index in [1.165, 1.54) is 0 Å². The molecule has 0 spiro atoms. The Morgan fingerprint density at radius 2 is 1.00 bits per heavy atom. The van der Waals surface area contributed by atoms with Crippen LogP contribution in [0.1, 0.15) is 2.85 Å². The van der Waals surface area contributed by atoms with Crippen molar-refractivity contribution in [3.05, 3.63) is 0 Å². The summed E-state index contributed by atoms with van der Waals surface area (Å²) in [6.45, 7) is 0. The molecule has 4 N–H and O–H groups in total. The van der Waals surface area contributed by atoms with Gasteiger partial charge in [0.25, 0.3) is 0 Å². The second-order valence-corrected chi connectivity index (χ2v) is 0. The van der Waals surface area contributed by atoms with Crippen molar-refractivity contribution >= 4 is 67.5 Å². The first-order chi connectivity index (χ1) is 0. The second-order valence-electron chi connectivity index (χ2n) is 0. The van der Waals surface area contributed by atoms with E-state index in [1.54, 1.807) is 0 Å². The Bertz CT molecular complexity index is 15.7. The standard InChI is InChI=1S/Al.Ca.ClH.2H2O.5H/h;;1H;2*1H2;;;;;/q;+2;;;;;;;2*-1. The number of halogens is 1. The quantitative estimate of drug-likeness (QED) is 0.336. The Kier molecular flexibility index (Phi) is 472. The van der Waals surface area contributed by atoms with Gasteiger partial charge in [-0.1, -0.05) is 0 Å². The third kappa shape index (κ3) is 24.0. The number of hydrogen-bond donors (Lipinski definition) is 0. The molecule has 34 valence electrons. The van der Waals surface area contributed by atoms with Gasteiger partial charge >= 0.3 is 37.7 Å². The van der Waals surface area contributed by atoms with Crippen molar-refractivity contribution in [2.24, 2.45) is 0 Å². The largest absolute Gasteiger partial charge is 2.00 e. The van der Waals surface area contributed by atoms with E-state index in [4.69, 9.17) is 0 Å². The molecule has 0 aromatic heterocycles. The van der Waals surface area contributed by atoms with Crippen LogP contribution in [0.3, 0.4) is 0 Å². The van der Waals surface area contributed by atoms with Gasteiger partial charge in [0.15, 0.2) is 17.4 Å². The van der Waals surface area contributed by atoms with Crippen LogP contribution in [0.2, 0.25) is 0 Å². The molecule has 0 bridgehead atoms. The van der Waals surface area contributed by atoms with Crippen molar-refractivity contribution in [1.29, 1.82) is 0 Å². The summed E-state index contributed by atoms with van der Waals surface area (Å²) in [6, 6.07) is 0. The van der Waals surface area contributed by atoms with E-state index in [9.17, 15) is 0 Å². The normalized spacial score (nSPS) is 0. The van der Waals surface area contributed by atoms with E-state index in [0.717, 1.165) is 0 Å². The van der Waals surface area contributed by atoms with Crippen molar-refractivity contribution in [2.45, 2.75) is 0 Å². The third-order valence-corrected chi connectivity index (χ3v) is 0. The van der Waals surface area contributed by atoms with E-state index in [2.05, 4.69) is 0 Å². The minimum atomic E-state index is 0. The Morgan fingerprint density at radius 1 is 1.00 bits per heavy atom. The monoisotopic (exact) mass is 144 g/mol. The van der Waals surface area contributed by atoms with Gasteiger partial charge in [0.05, 0.1) is 0 Å². The summed E-state index contributed by atoms with van der Waals surface area (Å²) in [5.41, 5.74) is 0. The Morgan fingerprint density at radius 3 is 1.00 bits per heavy atom. The van der Waals surface area contributed by atoms with E-state index in [0.29, 0.717) is 0 Å². The molecule has 0 saturated carbocycles. The number of rotatable bonds is 0. The fourth-order valence-corrected chi connectivity index (χ4v) is 0. The van der Waals surface area contributed by atoms with Crippen LogP contribution < -0.4 is 0 Å². The Hall–Kier alpha value is 2.00. The fourth-order valence-electron chi connectivity index (χ4n) is 0. The van der Waals surface area contributed by atoms with E-state index in [-0.39, 0.29) is 81.3 Å². The van der Waals surface area contributed by atoms with Gasteiger partial charge in [-0.3, -0.25) is 0 Å². The van der Waals surface area contributed by atoms with Gasteiger partial charge in [-0.25, -0.2) is 0 Å². The van der Waals surface area contributed by atoms with Crippen molar-refractivity contribution < 1.29 is 13.8 Å². The van der Waals surface area contributed by atoms with Crippen LogP contribution in [-0.2, 0) is 0 Å². The van der Waals surface area contributed by atoms with Crippen LogP contribution in [0.4, 0.5) is 0 Å². The summed E-state index contributed by atoms with van der Waals surface area (Å²) in [6.07, 6.45) is 0. The van der Waals surface area contributed by atoms with Crippen LogP contribution in [0.15, 0.2) is 0 Å². The molecule has 0 atom stereocenters. The molecule has 0 aliphatic carbocycles. The average molecular weight is 145 g/mol. The summed E-state index contributed by atoms with van der Waals surface area (Å²) >= 11 is 0. The molecule has 5 heteroatoms. The van der Waals surface area contributed by atoms with Gasteiger partial charge in [0.1, 0.15) is 0 Å². The second kappa shape index (κ2) is 37.5. The van der Waals surface area contributed by atoms with Crippen molar-refractivity contribution in [1.82, 2.24) is 0 Å². The zero-order chi connectivity index (χ0) is 0. The predicted molar refractivity (Wildman–Crippen MR) is 32.4 cm³/mol. The van der Waals surface area contributed by atoms with E-state index < -0.39 is 0 Å². The molecule has 5 heavy (non-hydrogen) atoms. The van der Waals surface area contributed by atoms with Gasteiger partial charge < -0.3 is 13.8 Å². The molecule has 0 aromatic carbocycles. The van der Waals surface area contributed by atoms with Gasteiger partial charge in [-0.2, -0.15) is 0 Å². The predicted octanol–water partition coefficient (Wildman–Crippen LogP) is -2.57. The molecule has 0 aromatic rings. The average Bonchev–Trinajstić information content (AvgIpc) is 0.